The quantitative estimate of drug-likeness (QED) is 0.373. The summed E-state index contributed by atoms with van der Waals surface area (Å²) in [5, 5.41) is 11.0. The fourth-order valence-electron chi connectivity index (χ4n) is 12.6. The van der Waals surface area contributed by atoms with E-state index in [-0.39, 0.29) is 17.8 Å². The minimum atomic E-state index is -0.143. The van der Waals surface area contributed by atoms with Crippen molar-refractivity contribution in [2.24, 2.45) is 56.7 Å². The van der Waals surface area contributed by atoms with Crippen molar-refractivity contribution in [2.75, 3.05) is 13.2 Å². The highest BCUT2D eigenvalue weighted by Gasteiger charge is 2.70. The van der Waals surface area contributed by atoms with E-state index in [0.29, 0.717) is 39.4 Å². The standard InChI is InChI=1S/C35H58O3/c1-23(2)24-13-18-35(22-38-29-10-8-9-21-37-29)20-19-33(6)25(30(24)35)11-12-27-32(5)16-15-28(36)31(3,4)26(32)14-17-34(27,33)7/h24-30,36H,1,8-22H2,2-7H3/t24-,25+,26-,27+,28-,29?,30+,32-,33+,34+,35+/m0/s1. The SMILES string of the molecule is C=C(C)[C@@H]1CC[C@]2(COC3CCCCO3)CC[C@]3(C)[C@H](CC[C@@H]4[C@@]5(C)CC[C@H](O)C(C)(C)[C@@H]5CC[C@]43C)[C@@H]12. The van der Waals surface area contributed by atoms with Gasteiger partial charge in [0.15, 0.2) is 6.29 Å². The lowest BCUT2D eigenvalue weighted by Gasteiger charge is -2.73. The average molecular weight is 527 g/mol. The molecular formula is C35H58O3. The van der Waals surface area contributed by atoms with Crippen LogP contribution in [0.3, 0.4) is 0 Å². The van der Waals surface area contributed by atoms with Crippen molar-refractivity contribution in [3.8, 4) is 0 Å². The van der Waals surface area contributed by atoms with Crippen LogP contribution in [-0.4, -0.2) is 30.7 Å². The normalized spacial score (nSPS) is 53.8. The summed E-state index contributed by atoms with van der Waals surface area (Å²) in [5.41, 5.74) is 2.85. The van der Waals surface area contributed by atoms with Gasteiger partial charge in [-0.1, -0.05) is 46.8 Å². The van der Waals surface area contributed by atoms with E-state index in [0.717, 1.165) is 37.9 Å². The van der Waals surface area contributed by atoms with Gasteiger partial charge in [0.2, 0.25) is 0 Å². The van der Waals surface area contributed by atoms with Gasteiger partial charge < -0.3 is 14.6 Å². The van der Waals surface area contributed by atoms with Gasteiger partial charge in [-0.2, -0.15) is 0 Å². The number of aliphatic hydroxyl groups excluding tert-OH is 1. The lowest BCUT2D eigenvalue weighted by atomic mass is 9.32. The van der Waals surface area contributed by atoms with E-state index in [1.807, 2.05) is 0 Å². The summed E-state index contributed by atoms with van der Waals surface area (Å²) in [5.74, 6) is 3.52. The zero-order valence-corrected chi connectivity index (χ0v) is 25.6. The molecule has 0 aromatic rings. The summed E-state index contributed by atoms with van der Waals surface area (Å²) in [6.07, 6.45) is 16.2. The van der Waals surface area contributed by atoms with Crippen molar-refractivity contribution in [2.45, 2.75) is 137 Å². The van der Waals surface area contributed by atoms with Crippen LogP contribution < -0.4 is 0 Å². The van der Waals surface area contributed by atoms with Crippen molar-refractivity contribution in [3.05, 3.63) is 12.2 Å². The van der Waals surface area contributed by atoms with Crippen molar-refractivity contribution < 1.29 is 14.6 Å². The number of allylic oxidation sites excluding steroid dienone is 1. The Morgan fingerprint density at radius 1 is 0.842 bits per heavy atom. The topological polar surface area (TPSA) is 38.7 Å². The molecule has 216 valence electrons. The van der Waals surface area contributed by atoms with Crippen LogP contribution >= 0.6 is 0 Å². The molecule has 38 heavy (non-hydrogen) atoms. The molecule has 0 spiro atoms. The third-order valence-corrected chi connectivity index (χ3v) is 14.9. The summed E-state index contributed by atoms with van der Waals surface area (Å²) >= 11 is 0. The van der Waals surface area contributed by atoms with E-state index < -0.39 is 0 Å². The Labute approximate surface area is 233 Å². The molecule has 0 bridgehead atoms. The van der Waals surface area contributed by atoms with Gasteiger partial charge in [0, 0.05) is 6.61 Å². The summed E-state index contributed by atoms with van der Waals surface area (Å²) in [6.45, 7) is 21.5. The number of fused-ring (bicyclic) bond motifs is 7. The first-order valence-corrected chi connectivity index (χ1v) is 16.5. The fraction of sp³-hybridized carbons (Fsp3) is 0.943. The third kappa shape index (κ3) is 3.76. The largest absolute Gasteiger partial charge is 0.393 e. The molecule has 1 N–H and O–H groups in total. The predicted molar refractivity (Wildman–Crippen MR) is 155 cm³/mol. The van der Waals surface area contributed by atoms with Crippen molar-refractivity contribution in [1.29, 1.82) is 0 Å². The molecule has 1 heterocycles. The van der Waals surface area contributed by atoms with Crippen LogP contribution in [0.25, 0.3) is 0 Å². The van der Waals surface area contributed by atoms with Gasteiger partial charge in [-0.05, 0) is 147 Å². The van der Waals surface area contributed by atoms with E-state index in [9.17, 15) is 5.11 Å². The summed E-state index contributed by atoms with van der Waals surface area (Å²) in [7, 11) is 0. The minimum Gasteiger partial charge on any atom is -0.393 e. The van der Waals surface area contributed by atoms with Crippen LogP contribution in [0.4, 0.5) is 0 Å². The van der Waals surface area contributed by atoms with Gasteiger partial charge in [0.05, 0.1) is 12.7 Å². The first-order valence-electron chi connectivity index (χ1n) is 16.5. The van der Waals surface area contributed by atoms with Gasteiger partial charge in [0.25, 0.3) is 0 Å². The molecule has 0 aromatic heterocycles. The zero-order valence-electron chi connectivity index (χ0n) is 25.6. The molecule has 6 rings (SSSR count). The average Bonchev–Trinajstić information content (AvgIpc) is 3.27. The second-order valence-corrected chi connectivity index (χ2v) is 16.5. The lowest BCUT2D eigenvalue weighted by Crippen LogP contribution is -2.66. The smallest absolute Gasteiger partial charge is 0.157 e. The molecule has 0 amide bonds. The van der Waals surface area contributed by atoms with E-state index in [1.54, 1.807) is 0 Å². The van der Waals surface area contributed by atoms with Crippen LogP contribution in [0.2, 0.25) is 0 Å². The molecule has 6 fully saturated rings. The Morgan fingerprint density at radius 3 is 2.34 bits per heavy atom. The van der Waals surface area contributed by atoms with E-state index in [4.69, 9.17) is 9.47 Å². The summed E-state index contributed by atoms with van der Waals surface area (Å²) in [6, 6.07) is 0. The van der Waals surface area contributed by atoms with Crippen LogP contribution in [-0.2, 0) is 9.47 Å². The number of rotatable bonds is 4. The Morgan fingerprint density at radius 2 is 1.63 bits per heavy atom. The third-order valence-electron chi connectivity index (χ3n) is 14.9. The van der Waals surface area contributed by atoms with Crippen molar-refractivity contribution >= 4 is 0 Å². The van der Waals surface area contributed by atoms with Gasteiger partial charge >= 0.3 is 0 Å². The second-order valence-electron chi connectivity index (χ2n) is 16.5. The van der Waals surface area contributed by atoms with E-state index >= 15 is 0 Å². The van der Waals surface area contributed by atoms with E-state index in [1.165, 1.54) is 76.2 Å². The Balaban J connectivity index is 1.32. The lowest BCUT2D eigenvalue weighted by molar-refractivity contribution is -0.256. The first kappa shape index (κ1) is 27.8. The minimum absolute atomic E-state index is 0.0180. The van der Waals surface area contributed by atoms with Crippen LogP contribution in [0.5, 0.6) is 0 Å². The number of aliphatic hydroxyl groups is 1. The molecule has 1 unspecified atom stereocenters. The molecule has 11 atom stereocenters. The van der Waals surface area contributed by atoms with Crippen molar-refractivity contribution in [3.63, 3.8) is 0 Å². The van der Waals surface area contributed by atoms with Gasteiger partial charge in [-0.25, -0.2) is 0 Å². The predicted octanol–water partition coefficient (Wildman–Crippen LogP) is 8.55. The van der Waals surface area contributed by atoms with Crippen LogP contribution in [0.1, 0.15) is 125 Å². The maximum absolute atomic E-state index is 11.0. The Kier molecular flexibility index (Phi) is 6.81. The maximum Gasteiger partial charge on any atom is 0.157 e. The molecule has 5 saturated carbocycles. The fourth-order valence-corrected chi connectivity index (χ4v) is 12.6. The number of ether oxygens (including phenoxy) is 2. The highest BCUT2D eigenvalue weighted by molar-refractivity contribution is 5.21. The molecule has 0 radical (unpaired) electrons. The Hall–Kier alpha value is -0.380. The molecule has 3 nitrogen and oxygen atoms in total. The molecule has 1 aliphatic heterocycles. The highest BCUT2D eigenvalue weighted by Crippen LogP contribution is 2.77. The van der Waals surface area contributed by atoms with E-state index in [2.05, 4.69) is 48.1 Å². The van der Waals surface area contributed by atoms with Crippen LogP contribution in [0.15, 0.2) is 12.2 Å². The van der Waals surface area contributed by atoms with Crippen molar-refractivity contribution in [1.82, 2.24) is 0 Å². The molecule has 0 aromatic carbocycles. The molecule has 1 saturated heterocycles. The number of hydrogen-bond donors (Lipinski definition) is 1. The maximum atomic E-state index is 11.0. The zero-order chi connectivity index (χ0) is 27.1. The second kappa shape index (κ2) is 9.32. The monoisotopic (exact) mass is 526 g/mol. The number of hydrogen-bond acceptors (Lipinski definition) is 3. The summed E-state index contributed by atoms with van der Waals surface area (Å²) < 4.78 is 12.7. The molecule has 3 heteroatoms. The van der Waals surface area contributed by atoms with Gasteiger partial charge in [0.1, 0.15) is 0 Å². The van der Waals surface area contributed by atoms with Crippen LogP contribution in [0, 0.1) is 56.7 Å². The van der Waals surface area contributed by atoms with Gasteiger partial charge in [-0.15, -0.1) is 0 Å². The molecular weight excluding hydrogens is 468 g/mol. The highest BCUT2D eigenvalue weighted by atomic mass is 16.7. The summed E-state index contributed by atoms with van der Waals surface area (Å²) in [4.78, 5) is 0. The molecule has 5 aliphatic carbocycles. The molecule has 6 aliphatic rings. The first-order chi connectivity index (χ1) is 17.9. The Bertz CT molecular complexity index is 920. The van der Waals surface area contributed by atoms with Gasteiger partial charge in [-0.3, -0.25) is 0 Å².